The Bertz CT molecular complexity index is 978. The molecule has 4 rings (SSSR count). The average Bonchev–Trinajstić information content (AvgIpc) is 3.26. The van der Waals surface area contributed by atoms with Gasteiger partial charge in [0, 0.05) is 17.1 Å². The third kappa shape index (κ3) is 3.53. The second-order valence-corrected chi connectivity index (χ2v) is 7.68. The topological polar surface area (TPSA) is 79.0 Å². The van der Waals surface area contributed by atoms with Crippen LogP contribution in [0.5, 0.6) is 5.75 Å². The summed E-state index contributed by atoms with van der Waals surface area (Å²) in [6.45, 7) is 0.689. The van der Waals surface area contributed by atoms with Crippen LogP contribution in [-0.4, -0.2) is 53.4 Å². The summed E-state index contributed by atoms with van der Waals surface area (Å²) in [6.07, 6.45) is 0.379. The molecule has 0 bridgehead atoms. The van der Waals surface area contributed by atoms with Crippen molar-refractivity contribution in [3.05, 3.63) is 64.7 Å². The Morgan fingerprint density at radius 1 is 1.21 bits per heavy atom. The first-order valence-electron chi connectivity index (χ1n) is 9.24. The van der Waals surface area contributed by atoms with Gasteiger partial charge in [-0.1, -0.05) is 29.8 Å². The van der Waals surface area contributed by atoms with Gasteiger partial charge in [0.25, 0.3) is 11.8 Å². The van der Waals surface area contributed by atoms with Gasteiger partial charge in [0.2, 0.25) is 0 Å². The normalized spacial score (nSPS) is 21.0. The molecule has 2 heterocycles. The number of likely N-dealkylation sites (tertiary alicyclic amines) is 1. The number of nitrogens with one attached hydrogen (secondary N) is 1. The second kappa shape index (κ2) is 7.40. The van der Waals surface area contributed by atoms with Crippen molar-refractivity contribution in [2.45, 2.75) is 18.5 Å². The summed E-state index contributed by atoms with van der Waals surface area (Å²) in [4.78, 5) is 41.2. The maximum absolute atomic E-state index is 13.1. The van der Waals surface area contributed by atoms with Gasteiger partial charge in [0.1, 0.15) is 11.3 Å². The van der Waals surface area contributed by atoms with Gasteiger partial charge in [-0.15, -0.1) is 0 Å². The number of carbonyl (C=O) groups is 3. The minimum atomic E-state index is -1.07. The van der Waals surface area contributed by atoms with Gasteiger partial charge in [0.05, 0.1) is 20.2 Å². The van der Waals surface area contributed by atoms with E-state index in [0.717, 1.165) is 5.56 Å². The number of carbonyl (C=O) groups excluding carboxylic acids is 3. The quantitative estimate of drug-likeness (QED) is 0.781. The van der Waals surface area contributed by atoms with Gasteiger partial charge >= 0.3 is 6.03 Å². The van der Waals surface area contributed by atoms with Crippen LogP contribution < -0.4 is 10.1 Å². The van der Waals surface area contributed by atoms with Gasteiger partial charge in [-0.3, -0.25) is 14.5 Å². The molecule has 8 heteroatoms. The lowest BCUT2D eigenvalue weighted by molar-refractivity contribution is -0.131. The molecule has 2 aliphatic rings. The standard InChI is InChI=1S/C21H20ClN3O4/c1-29-17-4-2-3-15(11-17)18(26)24-10-9-21(13-24)19(27)25(20(28)23-21)12-14-5-7-16(22)8-6-14/h2-8,11H,9-10,12-13H2,1H3,(H,23,28)/t21-/m1/s1. The molecule has 0 unspecified atom stereocenters. The van der Waals surface area contributed by atoms with Crippen LogP contribution in [0.1, 0.15) is 22.3 Å². The summed E-state index contributed by atoms with van der Waals surface area (Å²) < 4.78 is 5.17. The van der Waals surface area contributed by atoms with Crippen molar-refractivity contribution >= 4 is 29.4 Å². The molecule has 2 aromatic rings. The van der Waals surface area contributed by atoms with Crippen molar-refractivity contribution in [2.24, 2.45) is 0 Å². The maximum atomic E-state index is 13.1. The maximum Gasteiger partial charge on any atom is 0.325 e. The Hall–Kier alpha value is -3.06. The minimum Gasteiger partial charge on any atom is -0.497 e. The lowest BCUT2D eigenvalue weighted by Crippen LogP contribution is -2.49. The van der Waals surface area contributed by atoms with Crippen molar-refractivity contribution in [1.29, 1.82) is 0 Å². The SMILES string of the molecule is COc1cccc(C(=O)N2CC[C@]3(C2)NC(=O)N(Cc2ccc(Cl)cc2)C3=O)c1. The van der Waals surface area contributed by atoms with Gasteiger partial charge < -0.3 is 15.0 Å². The number of hydrogen-bond acceptors (Lipinski definition) is 4. The molecule has 2 fully saturated rings. The number of benzene rings is 2. The Labute approximate surface area is 173 Å². The highest BCUT2D eigenvalue weighted by Crippen LogP contribution is 2.31. The number of halogens is 1. The number of amides is 4. The van der Waals surface area contributed by atoms with E-state index in [4.69, 9.17) is 16.3 Å². The molecule has 2 aliphatic heterocycles. The Morgan fingerprint density at radius 2 is 1.97 bits per heavy atom. The molecular weight excluding hydrogens is 394 g/mol. The van der Waals surface area contributed by atoms with Crippen molar-refractivity contribution in [2.75, 3.05) is 20.2 Å². The Kier molecular flexibility index (Phi) is 4.92. The predicted octanol–water partition coefficient (Wildman–Crippen LogP) is 2.69. The van der Waals surface area contributed by atoms with Crippen LogP contribution in [0, 0.1) is 0 Å². The van der Waals surface area contributed by atoms with Crippen LogP contribution in [0.3, 0.4) is 0 Å². The third-order valence-electron chi connectivity index (χ3n) is 5.37. The molecule has 0 aliphatic carbocycles. The summed E-state index contributed by atoms with van der Waals surface area (Å²) in [5, 5.41) is 3.40. The highest BCUT2D eigenvalue weighted by Gasteiger charge is 2.55. The van der Waals surface area contributed by atoms with E-state index in [1.54, 1.807) is 53.4 Å². The van der Waals surface area contributed by atoms with E-state index in [-0.39, 0.29) is 24.9 Å². The number of hydrogen-bond donors (Lipinski definition) is 1. The lowest BCUT2D eigenvalue weighted by atomic mass is 9.99. The number of imide groups is 1. The molecular formula is C21H20ClN3O4. The summed E-state index contributed by atoms with van der Waals surface area (Å²) in [6, 6.07) is 13.4. The number of ether oxygens (including phenoxy) is 1. The van der Waals surface area contributed by atoms with E-state index in [9.17, 15) is 14.4 Å². The van der Waals surface area contributed by atoms with Crippen LogP contribution in [0.2, 0.25) is 5.02 Å². The molecule has 1 atom stereocenters. The summed E-state index contributed by atoms with van der Waals surface area (Å²) in [5.74, 6) is 0.0847. The summed E-state index contributed by atoms with van der Waals surface area (Å²) in [5.41, 5.74) is 0.214. The van der Waals surface area contributed by atoms with Gasteiger partial charge in [0.15, 0.2) is 0 Å². The van der Waals surface area contributed by atoms with E-state index < -0.39 is 11.6 Å². The Balaban J connectivity index is 1.49. The van der Waals surface area contributed by atoms with Gasteiger partial charge in [-0.05, 0) is 42.3 Å². The van der Waals surface area contributed by atoms with E-state index in [0.29, 0.717) is 29.3 Å². The molecule has 4 amide bonds. The minimum absolute atomic E-state index is 0.144. The molecule has 0 aromatic heterocycles. The van der Waals surface area contributed by atoms with Crippen molar-refractivity contribution < 1.29 is 19.1 Å². The van der Waals surface area contributed by atoms with Crippen LogP contribution in [0.25, 0.3) is 0 Å². The predicted molar refractivity (Wildman–Crippen MR) is 107 cm³/mol. The van der Waals surface area contributed by atoms with Crippen LogP contribution in [0.4, 0.5) is 4.79 Å². The molecule has 29 heavy (non-hydrogen) atoms. The lowest BCUT2D eigenvalue weighted by Gasteiger charge is -2.22. The fraction of sp³-hybridized carbons (Fsp3) is 0.286. The second-order valence-electron chi connectivity index (χ2n) is 7.24. The molecule has 7 nitrogen and oxygen atoms in total. The smallest absolute Gasteiger partial charge is 0.325 e. The third-order valence-corrected chi connectivity index (χ3v) is 5.62. The highest BCUT2D eigenvalue weighted by atomic mass is 35.5. The largest absolute Gasteiger partial charge is 0.497 e. The van der Waals surface area contributed by atoms with E-state index >= 15 is 0 Å². The molecule has 2 saturated heterocycles. The number of nitrogens with zero attached hydrogens (tertiary/aromatic N) is 2. The molecule has 0 saturated carbocycles. The molecule has 2 aromatic carbocycles. The molecule has 0 radical (unpaired) electrons. The molecule has 150 valence electrons. The zero-order valence-electron chi connectivity index (χ0n) is 15.9. The monoisotopic (exact) mass is 413 g/mol. The first-order valence-corrected chi connectivity index (χ1v) is 9.61. The van der Waals surface area contributed by atoms with Crippen LogP contribution >= 0.6 is 11.6 Å². The molecule has 1 spiro atoms. The van der Waals surface area contributed by atoms with Crippen molar-refractivity contribution in [3.8, 4) is 5.75 Å². The number of rotatable bonds is 4. The highest BCUT2D eigenvalue weighted by molar-refractivity contribution is 6.30. The van der Waals surface area contributed by atoms with Gasteiger partial charge in [-0.25, -0.2) is 4.79 Å². The fourth-order valence-electron chi connectivity index (χ4n) is 3.79. The first-order chi connectivity index (χ1) is 13.9. The average molecular weight is 414 g/mol. The first kappa shape index (κ1) is 19.3. The number of methoxy groups -OCH3 is 1. The zero-order chi connectivity index (χ0) is 20.6. The number of urea groups is 1. The van der Waals surface area contributed by atoms with E-state index in [2.05, 4.69) is 5.32 Å². The fourth-order valence-corrected chi connectivity index (χ4v) is 3.92. The summed E-state index contributed by atoms with van der Waals surface area (Å²) in [7, 11) is 1.54. The van der Waals surface area contributed by atoms with Gasteiger partial charge in [-0.2, -0.15) is 0 Å². The Morgan fingerprint density at radius 3 is 2.69 bits per heavy atom. The van der Waals surface area contributed by atoms with Crippen LogP contribution in [-0.2, 0) is 11.3 Å². The van der Waals surface area contributed by atoms with E-state index in [1.807, 2.05) is 0 Å². The van der Waals surface area contributed by atoms with Crippen LogP contribution in [0.15, 0.2) is 48.5 Å². The zero-order valence-corrected chi connectivity index (χ0v) is 16.6. The van der Waals surface area contributed by atoms with Crippen molar-refractivity contribution in [3.63, 3.8) is 0 Å². The molecule has 1 N–H and O–H groups in total. The van der Waals surface area contributed by atoms with E-state index in [1.165, 1.54) is 12.0 Å². The van der Waals surface area contributed by atoms with Crippen molar-refractivity contribution in [1.82, 2.24) is 15.1 Å². The summed E-state index contributed by atoms with van der Waals surface area (Å²) >= 11 is 5.89.